The van der Waals surface area contributed by atoms with Crippen LogP contribution in [0.15, 0.2) is 52.9 Å². The zero-order chi connectivity index (χ0) is 17.6. The highest BCUT2D eigenvalue weighted by molar-refractivity contribution is 8.00. The first kappa shape index (κ1) is 17.7. The molecule has 0 unspecified atom stereocenters. The Morgan fingerprint density at radius 2 is 1.96 bits per heavy atom. The van der Waals surface area contributed by atoms with E-state index in [1.165, 1.54) is 18.3 Å². The van der Waals surface area contributed by atoms with Gasteiger partial charge in [-0.1, -0.05) is 59.0 Å². The van der Waals surface area contributed by atoms with Gasteiger partial charge in [0.25, 0.3) is 0 Å². The van der Waals surface area contributed by atoms with Gasteiger partial charge in [0.2, 0.25) is 11.0 Å². The lowest BCUT2D eigenvalue weighted by Crippen LogP contribution is -2.05. The van der Waals surface area contributed by atoms with E-state index in [4.69, 9.17) is 11.6 Å². The Morgan fingerprint density at radius 1 is 1.16 bits per heavy atom. The lowest BCUT2D eigenvalue weighted by molar-refractivity contribution is -0.114. The highest BCUT2D eigenvalue weighted by Crippen LogP contribution is 2.31. The van der Waals surface area contributed by atoms with Crippen molar-refractivity contribution in [3.05, 3.63) is 59.1 Å². The minimum absolute atomic E-state index is 0.105. The average molecular weight is 391 g/mol. The largest absolute Gasteiger partial charge is 0.330 e. The van der Waals surface area contributed by atoms with Gasteiger partial charge in [-0.25, -0.2) is 0 Å². The van der Waals surface area contributed by atoms with Crippen molar-refractivity contribution in [2.45, 2.75) is 17.0 Å². The number of thioether (sulfide) groups is 1. The molecule has 0 spiro atoms. The molecule has 1 amide bonds. The molecule has 5 nitrogen and oxygen atoms in total. The van der Waals surface area contributed by atoms with Crippen molar-refractivity contribution in [2.24, 2.45) is 0 Å². The number of nitrogens with zero attached hydrogens (tertiary/aromatic N) is 2. The first-order valence-electron chi connectivity index (χ1n) is 7.44. The van der Waals surface area contributed by atoms with Crippen LogP contribution in [0.3, 0.4) is 0 Å². The summed E-state index contributed by atoms with van der Waals surface area (Å²) in [6.07, 6.45) is 0. The molecule has 0 saturated carbocycles. The van der Waals surface area contributed by atoms with Gasteiger partial charge in [0, 0.05) is 29.1 Å². The first-order chi connectivity index (χ1) is 12.1. The second kappa shape index (κ2) is 8.33. The topological polar surface area (TPSA) is 66.9 Å². The van der Waals surface area contributed by atoms with Crippen LogP contribution in [0.1, 0.15) is 12.5 Å². The lowest BCUT2D eigenvalue weighted by Gasteiger charge is -2.05. The summed E-state index contributed by atoms with van der Waals surface area (Å²) in [5, 5.41) is 15.7. The number of hydrogen-bond donors (Lipinski definition) is 2. The number of halogens is 1. The molecule has 0 atom stereocenters. The van der Waals surface area contributed by atoms with E-state index in [0.29, 0.717) is 5.13 Å². The second-order valence-corrected chi connectivity index (χ2v) is 7.75. The molecule has 1 heterocycles. The number of amides is 1. The summed E-state index contributed by atoms with van der Waals surface area (Å²) in [5.74, 6) is 0.637. The molecule has 3 rings (SSSR count). The van der Waals surface area contributed by atoms with E-state index in [1.54, 1.807) is 11.8 Å². The molecule has 3 aromatic rings. The third-order valence-corrected chi connectivity index (χ3v) is 5.54. The summed E-state index contributed by atoms with van der Waals surface area (Å²) in [6.45, 7) is 1.48. The van der Waals surface area contributed by atoms with Crippen LogP contribution in [0.5, 0.6) is 0 Å². The molecule has 128 valence electrons. The maximum atomic E-state index is 11.1. The number of aromatic nitrogens is 2. The fourth-order valence-corrected chi connectivity index (χ4v) is 4.13. The van der Waals surface area contributed by atoms with Crippen molar-refractivity contribution >= 4 is 57.1 Å². The standard InChI is InChI=1S/C17H15ClN4OS2/c1-11(23)19-13-6-4-7-14(9-13)20-16-21-22-17(25-16)24-10-12-5-2-3-8-15(12)18/h2-9H,10H2,1H3,(H,19,23)(H,20,21). The van der Waals surface area contributed by atoms with Crippen molar-refractivity contribution < 1.29 is 4.79 Å². The maximum absolute atomic E-state index is 11.1. The van der Waals surface area contributed by atoms with E-state index >= 15 is 0 Å². The molecule has 2 N–H and O–H groups in total. The zero-order valence-electron chi connectivity index (χ0n) is 13.3. The molecule has 1 aromatic heterocycles. The minimum atomic E-state index is -0.105. The third-order valence-electron chi connectivity index (χ3n) is 3.15. The van der Waals surface area contributed by atoms with Crippen LogP contribution in [0.2, 0.25) is 5.02 Å². The molecular formula is C17H15ClN4OS2. The van der Waals surface area contributed by atoms with Crippen LogP contribution in [0, 0.1) is 0 Å². The SMILES string of the molecule is CC(=O)Nc1cccc(Nc2nnc(SCc3ccccc3Cl)s2)c1. The quantitative estimate of drug-likeness (QED) is 0.567. The molecule has 8 heteroatoms. The molecule has 0 fully saturated rings. The Labute approximate surface area is 158 Å². The first-order valence-corrected chi connectivity index (χ1v) is 9.62. The number of carbonyl (C=O) groups is 1. The van der Waals surface area contributed by atoms with E-state index < -0.39 is 0 Å². The molecule has 0 radical (unpaired) electrons. The maximum Gasteiger partial charge on any atom is 0.221 e. The molecule has 0 bridgehead atoms. The summed E-state index contributed by atoms with van der Waals surface area (Å²) in [4.78, 5) is 11.1. The molecular weight excluding hydrogens is 376 g/mol. The van der Waals surface area contributed by atoms with Gasteiger partial charge in [-0.3, -0.25) is 4.79 Å². The summed E-state index contributed by atoms with van der Waals surface area (Å²) < 4.78 is 0.862. The van der Waals surface area contributed by atoms with Gasteiger partial charge in [0.15, 0.2) is 4.34 Å². The van der Waals surface area contributed by atoms with Gasteiger partial charge in [-0.15, -0.1) is 10.2 Å². The van der Waals surface area contributed by atoms with Crippen LogP contribution in [0.25, 0.3) is 0 Å². The van der Waals surface area contributed by atoms with Crippen molar-refractivity contribution in [3.63, 3.8) is 0 Å². The minimum Gasteiger partial charge on any atom is -0.330 e. The molecule has 0 aliphatic rings. The summed E-state index contributed by atoms with van der Waals surface area (Å²) in [5.41, 5.74) is 2.64. The monoisotopic (exact) mass is 390 g/mol. The molecule has 25 heavy (non-hydrogen) atoms. The number of carbonyl (C=O) groups excluding carboxylic acids is 1. The highest BCUT2D eigenvalue weighted by Gasteiger charge is 2.07. The van der Waals surface area contributed by atoms with Crippen molar-refractivity contribution in [1.29, 1.82) is 0 Å². The number of anilines is 3. The Bertz CT molecular complexity index is 884. The van der Waals surface area contributed by atoms with E-state index in [1.807, 2.05) is 48.5 Å². The van der Waals surface area contributed by atoms with Gasteiger partial charge < -0.3 is 10.6 Å². The summed E-state index contributed by atoms with van der Waals surface area (Å²) >= 11 is 9.23. The van der Waals surface area contributed by atoms with Gasteiger partial charge in [-0.2, -0.15) is 0 Å². The molecule has 0 saturated heterocycles. The normalized spacial score (nSPS) is 10.5. The van der Waals surface area contributed by atoms with E-state index in [-0.39, 0.29) is 5.91 Å². The van der Waals surface area contributed by atoms with Gasteiger partial charge >= 0.3 is 0 Å². The summed E-state index contributed by atoms with van der Waals surface area (Å²) in [7, 11) is 0. The van der Waals surface area contributed by atoms with Crippen molar-refractivity contribution in [2.75, 3.05) is 10.6 Å². The molecule has 0 aliphatic carbocycles. The predicted octanol–water partition coefficient (Wildman–Crippen LogP) is 5.19. The fourth-order valence-electron chi connectivity index (χ4n) is 2.07. The number of benzene rings is 2. The molecule has 0 aliphatic heterocycles. The Balaban J connectivity index is 1.62. The number of nitrogens with one attached hydrogen (secondary N) is 2. The fraction of sp³-hybridized carbons (Fsp3) is 0.118. The van der Waals surface area contributed by atoms with Crippen molar-refractivity contribution in [3.8, 4) is 0 Å². The molecule has 2 aromatic carbocycles. The lowest BCUT2D eigenvalue weighted by atomic mass is 10.2. The van der Waals surface area contributed by atoms with Gasteiger partial charge in [0.1, 0.15) is 0 Å². The van der Waals surface area contributed by atoms with E-state index in [0.717, 1.165) is 32.1 Å². The van der Waals surface area contributed by atoms with Crippen LogP contribution in [-0.2, 0) is 10.5 Å². The Kier molecular flexibility index (Phi) is 5.91. The van der Waals surface area contributed by atoms with Crippen LogP contribution in [-0.4, -0.2) is 16.1 Å². The van der Waals surface area contributed by atoms with Crippen LogP contribution >= 0.6 is 34.7 Å². The Morgan fingerprint density at radius 3 is 2.76 bits per heavy atom. The highest BCUT2D eigenvalue weighted by atomic mass is 35.5. The average Bonchev–Trinajstić information content (AvgIpc) is 3.01. The van der Waals surface area contributed by atoms with Crippen LogP contribution < -0.4 is 10.6 Å². The van der Waals surface area contributed by atoms with Crippen LogP contribution in [0.4, 0.5) is 16.5 Å². The second-order valence-electron chi connectivity index (χ2n) is 5.14. The number of rotatable bonds is 6. The predicted molar refractivity (Wildman–Crippen MR) is 105 cm³/mol. The van der Waals surface area contributed by atoms with Crippen molar-refractivity contribution in [1.82, 2.24) is 10.2 Å². The zero-order valence-corrected chi connectivity index (χ0v) is 15.7. The Hall–Kier alpha value is -2.09. The number of hydrogen-bond acceptors (Lipinski definition) is 6. The van der Waals surface area contributed by atoms with Gasteiger partial charge in [0.05, 0.1) is 0 Å². The van der Waals surface area contributed by atoms with Gasteiger partial charge in [-0.05, 0) is 29.8 Å². The van der Waals surface area contributed by atoms with E-state index in [2.05, 4.69) is 20.8 Å². The summed E-state index contributed by atoms with van der Waals surface area (Å²) in [6, 6.07) is 15.2. The third kappa shape index (κ3) is 5.19. The smallest absolute Gasteiger partial charge is 0.221 e. The van der Waals surface area contributed by atoms with E-state index in [9.17, 15) is 4.79 Å².